The van der Waals surface area contributed by atoms with Gasteiger partial charge in [-0.25, -0.2) is 67.3 Å². The molecule has 11 fully saturated rings. The molecule has 11 aliphatic rings. The molecule has 710 valence electrons. The minimum atomic E-state index is -2.78. The minimum Gasteiger partial charge on any atom is -0.463 e. The number of furan rings is 1. The quantitative estimate of drug-likeness (QED) is 0.0874. The number of nitriles is 1. The van der Waals surface area contributed by atoms with Gasteiger partial charge in [-0.05, 0) is 60.7 Å². The third-order valence-corrected chi connectivity index (χ3v) is 41.9. The van der Waals surface area contributed by atoms with Crippen LogP contribution in [0.5, 0.6) is 0 Å². The first kappa shape index (κ1) is 108. The van der Waals surface area contributed by atoms with Gasteiger partial charge in [0, 0.05) is 35.3 Å². The SMILES string of the molecule is C#CC[N+]1(C)CCS(=O)(=O)CC1.C[N+]1(CC#N)CCSCC1.C[N+]1(CC2CC2)CCS(=O)(=O)CC1.C[N+]1(CC2CCCC2)CCS(=O)(=O)CC1.C[N+]1(CCO)CCS(=O)(=O)CC1.C[N+]1(CCc2ccccc2)CCS(=O)(=O)CC1.C[N+]1(Cc2ccccc2)CCS(=O)(=O)CC1.C[N+]1(Cc2ccco2)CCS(=O)(=O)CC1.C[N+]1(Cc2cccs2)CCS(=O)(=O)CC1. The second kappa shape index (κ2) is 47.1. The maximum Gasteiger partial charge on any atom is 0.166 e. The van der Waals surface area contributed by atoms with Crippen LogP contribution in [0.15, 0.2) is 101 Å². The summed E-state index contributed by atoms with van der Waals surface area (Å²) in [6, 6.07) is 30.9. The van der Waals surface area contributed by atoms with E-state index in [0.717, 1.165) is 160 Å². The molecular weight excluding hydrogens is 1790 g/mol. The molecule has 9 aliphatic heterocycles. The average Bonchev–Trinajstić information content (AvgIpc) is 1.76. The second-order valence-electron chi connectivity index (χ2n) is 39.6. The topological polar surface area (TPSA) is 330 Å². The first-order chi connectivity index (χ1) is 58.2. The number of hydrogen-bond donors (Lipinski definition) is 1. The van der Waals surface area contributed by atoms with Gasteiger partial charge < -0.3 is 49.9 Å². The van der Waals surface area contributed by atoms with Crippen LogP contribution in [0.2, 0.25) is 0 Å². The molecule has 0 amide bonds. The van der Waals surface area contributed by atoms with Crippen molar-refractivity contribution in [3.8, 4) is 18.4 Å². The molecule has 15 rings (SSSR count). The summed E-state index contributed by atoms with van der Waals surface area (Å²) in [4.78, 5) is 1.34. The fraction of sp³-hybridized carbons (Fsp3) is 0.736. The molecule has 0 bridgehead atoms. The molecule has 2 aromatic heterocycles. The number of quaternary nitrogens is 9. The van der Waals surface area contributed by atoms with E-state index in [0.29, 0.717) is 137 Å². The van der Waals surface area contributed by atoms with E-state index in [9.17, 15) is 67.3 Å². The Bertz CT molecular complexity index is 4850. The molecule has 11 heterocycles. The van der Waals surface area contributed by atoms with Gasteiger partial charge in [-0.3, -0.25) is 0 Å². The van der Waals surface area contributed by atoms with Crippen LogP contribution < -0.4 is 0 Å². The lowest BCUT2D eigenvalue weighted by Gasteiger charge is -2.39. The predicted octanol–water partition coefficient (Wildman–Crippen LogP) is 4.32. The highest BCUT2D eigenvalue weighted by atomic mass is 32.2. The van der Waals surface area contributed by atoms with Crippen molar-refractivity contribution in [2.45, 2.75) is 64.6 Å². The van der Waals surface area contributed by atoms with E-state index in [2.05, 4.69) is 109 Å². The third kappa shape index (κ3) is 41.4. The molecule has 0 atom stereocenters. The number of sulfone groups is 8. The Kier molecular flexibility index (Phi) is 40.7. The molecule has 0 spiro atoms. The van der Waals surface area contributed by atoms with Gasteiger partial charge in [0.25, 0.3) is 0 Å². The standard InChI is InChI=1S/C13H20NO2S.C12H18NO2S.C11H22NO2S.C10H16NO3S.C10H16NO2S2.C9H18NO2S.C8H14NO2S.C7H13N2S.C7H16NO3S/c1-14(9-11-17(15,16)12-10-14)8-7-13-5-3-2-4-6-13;1-13(7-9-16(14,15)10-8-13)11-12-5-3-2-4-6-12;1-12(10-11-4-2-3-5-11)6-8-15(13,14)9-7-12;2*1-11(9-10-3-2-6-14-10)4-7-15(12,13)8-5-11;1-10(8-9-2-3-9)4-6-13(11,12)7-5-10;1-3-4-9(2)5-7-12(10,11)8-6-9;1-9(3-2-8)4-6-10-7-5-9;1-8(2-5-9)3-6-12(10,11)7-4-8/h2-6H,7-12H2,1H3;2-6H,7-11H2,1H3;11H,2-10H2,1H3;2*2-3,6H,4-5,7-9H2,1H3;9H,2-8H2,1H3;1H,4-8H2,2H3;3-7H2,1H3;9H,2-7H2,1H3/q9*+1. The van der Waals surface area contributed by atoms with Crippen molar-refractivity contribution < 1.29 is 117 Å². The first-order valence-electron chi connectivity index (χ1n) is 44.4. The van der Waals surface area contributed by atoms with Gasteiger partial charge in [0.1, 0.15) is 38.8 Å². The van der Waals surface area contributed by atoms with Gasteiger partial charge in [0.2, 0.25) is 0 Å². The van der Waals surface area contributed by atoms with Crippen LogP contribution in [-0.2, 0) is 105 Å². The van der Waals surface area contributed by atoms with Gasteiger partial charge in [-0.2, -0.15) is 17.0 Å². The van der Waals surface area contributed by atoms with Crippen molar-refractivity contribution in [2.75, 3.05) is 331 Å². The normalized spacial score (nSPS) is 25.5. The lowest BCUT2D eigenvalue weighted by molar-refractivity contribution is -0.920. The number of aliphatic hydroxyl groups is 1. The zero-order chi connectivity index (χ0) is 92.3. The Morgan fingerprint density at radius 3 is 1.03 bits per heavy atom. The van der Waals surface area contributed by atoms with Gasteiger partial charge in [0.15, 0.2) is 91.0 Å². The number of likely N-dealkylation sites (N-methyl/N-ethyl adjacent to an activating group) is 2. The molecule has 4 aromatic rings. The first-order valence-corrected chi connectivity index (χ1v) is 61.0. The van der Waals surface area contributed by atoms with Crippen molar-refractivity contribution in [3.63, 3.8) is 0 Å². The summed E-state index contributed by atoms with van der Waals surface area (Å²) in [6.45, 7) is 22.3. The zero-order valence-electron chi connectivity index (χ0n) is 76.4. The summed E-state index contributed by atoms with van der Waals surface area (Å²) >= 11 is 3.75. The monoisotopic (exact) mass is 1950 g/mol. The van der Waals surface area contributed by atoms with Crippen molar-refractivity contribution in [1.82, 2.24) is 0 Å². The highest BCUT2D eigenvalue weighted by molar-refractivity contribution is 7.99. The maximum atomic E-state index is 11.4. The van der Waals surface area contributed by atoms with Crippen LogP contribution >= 0.6 is 23.1 Å². The molecule has 9 saturated heterocycles. The van der Waals surface area contributed by atoms with Crippen LogP contribution in [0, 0.1) is 35.5 Å². The molecule has 28 nitrogen and oxygen atoms in total. The van der Waals surface area contributed by atoms with Crippen molar-refractivity contribution >= 4 is 102 Å². The van der Waals surface area contributed by atoms with E-state index in [4.69, 9.17) is 21.2 Å². The van der Waals surface area contributed by atoms with Gasteiger partial charge >= 0.3 is 0 Å². The van der Waals surface area contributed by atoms with E-state index >= 15 is 0 Å². The number of thiophene rings is 1. The van der Waals surface area contributed by atoms with Gasteiger partial charge in [-0.1, -0.05) is 79.6 Å². The summed E-state index contributed by atoms with van der Waals surface area (Å²) in [5.74, 6) is 13.0. The van der Waals surface area contributed by atoms with E-state index < -0.39 is 78.7 Å². The molecule has 38 heteroatoms. The number of benzene rings is 2. The largest absolute Gasteiger partial charge is 0.463 e. The molecule has 2 aliphatic carbocycles. The Hall–Kier alpha value is -3.98. The van der Waals surface area contributed by atoms with Gasteiger partial charge in [-0.15, -0.1) is 17.8 Å². The lowest BCUT2D eigenvalue weighted by atomic mass is 10.1. The summed E-state index contributed by atoms with van der Waals surface area (Å²) in [6.07, 6.45) is 16.1. The minimum absolute atomic E-state index is 0.135. The van der Waals surface area contributed by atoms with E-state index in [1.807, 2.05) is 68.3 Å². The highest BCUT2D eigenvalue weighted by Gasteiger charge is 2.42. The Labute approximate surface area is 762 Å². The number of aliphatic hydroxyl groups excluding tert-OH is 1. The summed E-state index contributed by atoms with van der Waals surface area (Å²) in [7, 11) is -2.82. The van der Waals surface area contributed by atoms with E-state index in [1.54, 1.807) is 17.6 Å². The fourth-order valence-electron chi connectivity index (χ4n) is 16.8. The second-order valence-corrected chi connectivity index (χ2v) is 60.3. The molecule has 0 radical (unpaired) electrons. The van der Waals surface area contributed by atoms with Crippen molar-refractivity contribution in [2.24, 2.45) is 11.8 Å². The lowest BCUT2D eigenvalue weighted by Crippen LogP contribution is -2.55. The molecule has 125 heavy (non-hydrogen) atoms. The Morgan fingerprint density at radius 2 is 0.696 bits per heavy atom. The molecule has 1 N–H and O–H groups in total. The van der Waals surface area contributed by atoms with Gasteiger partial charge in [0.05, 0.1) is 311 Å². The highest BCUT2D eigenvalue weighted by Crippen LogP contribution is 2.33. The fourth-order valence-corrected chi connectivity index (χ4v) is 32.2. The van der Waals surface area contributed by atoms with Crippen LogP contribution in [0.3, 0.4) is 0 Å². The van der Waals surface area contributed by atoms with E-state index in [-0.39, 0.29) is 29.6 Å². The maximum absolute atomic E-state index is 11.4. The average molecular weight is 1950 g/mol. The third-order valence-electron chi connectivity index (χ3n) is 27.2. The molecule has 2 aromatic carbocycles. The zero-order valence-corrected chi connectivity index (χ0v) is 84.6. The van der Waals surface area contributed by atoms with Crippen LogP contribution in [0.1, 0.15) is 60.3 Å². The number of thioether (sulfide) groups is 1. The number of rotatable bonds is 17. The molecule has 0 unspecified atom stereocenters. The number of terminal acetylenes is 1. The summed E-state index contributed by atoms with van der Waals surface area (Å²) < 4.78 is 193. The summed E-state index contributed by atoms with van der Waals surface area (Å²) in [5.41, 5.74) is 2.62. The predicted molar refractivity (Wildman–Crippen MR) is 506 cm³/mol. The number of nitrogens with zero attached hydrogens (tertiary/aromatic N) is 10. The molecular formula is C87H153N10O18S10+9. The van der Waals surface area contributed by atoms with Crippen molar-refractivity contribution in [3.05, 3.63) is 118 Å². The summed E-state index contributed by atoms with van der Waals surface area (Å²) in [5, 5.41) is 19.3. The van der Waals surface area contributed by atoms with Crippen molar-refractivity contribution in [1.29, 1.82) is 5.26 Å². The van der Waals surface area contributed by atoms with Crippen LogP contribution in [0.4, 0.5) is 0 Å². The van der Waals surface area contributed by atoms with Crippen LogP contribution in [-0.4, -0.2) is 443 Å². The number of hydrogen-bond acceptors (Lipinski definition) is 21. The van der Waals surface area contributed by atoms with Crippen LogP contribution in [0.25, 0.3) is 0 Å². The van der Waals surface area contributed by atoms with E-state index in [1.165, 1.54) is 79.1 Å². The molecule has 2 saturated carbocycles. The Balaban J connectivity index is 0.000000194. The smallest absolute Gasteiger partial charge is 0.166 e. The Morgan fingerprint density at radius 1 is 0.368 bits per heavy atom.